The van der Waals surface area contributed by atoms with E-state index in [0.29, 0.717) is 18.9 Å². The van der Waals surface area contributed by atoms with E-state index in [1.807, 2.05) is 25.7 Å². The number of alkyl carbamates (subject to hydrolysis) is 1. The van der Waals surface area contributed by atoms with Crippen LogP contribution in [0.4, 0.5) is 4.79 Å². The molecule has 144 valence electrons. The van der Waals surface area contributed by atoms with Crippen LogP contribution in [-0.2, 0) is 14.3 Å². The number of likely N-dealkylation sites (tertiary alicyclic amines) is 1. The van der Waals surface area contributed by atoms with E-state index in [2.05, 4.69) is 5.32 Å². The fourth-order valence-electron chi connectivity index (χ4n) is 2.70. The van der Waals surface area contributed by atoms with Crippen LogP contribution < -0.4 is 5.32 Å². The minimum absolute atomic E-state index is 0.117. The number of thioether (sulfide) groups is 1. The quantitative estimate of drug-likeness (QED) is 0.629. The molecule has 1 rings (SSSR count). The Hall–Kier alpha value is -1.24. The Morgan fingerprint density at radius 2 is 1.92 bits per heavy atom. The van der Waals surface area contributed by atoms with Gasteiger partial charge in [0.1, 0.15) is 5.60 Å². The summed E-state index contributed by atoms with van der Waals surface area (Å²) in [6.45, 7) is 9.28. The van der Waals surface area contributed by atoms with Gasteiger partial charge in [0, 0.05) is 38.7 Å². The maximum atomic E-state index is 12.0. The monoisotopic (exact) mass is 372 g/mol. The van der Waals surface area contributed by atoms with Crippen molar-refractivity contribution in [1.29, 1.82) is 0 Å². The Morgan fingerprint density at radius 3 is 2.56 bits per heavy atom. The molecule has 1 heterocycles. The number of hydrogen-bond acceptors (Lipinski definition) is 5. The zero-order valence-corrected chi connectivity index (χ0v) is 16.7. The van der Waals surface area contributed by atoms with Crippen molar-refractivity contribution in [2.45, 2.75) is 65.4 Å². The minimum Gasteiger partial charge on any atom is -0.444 e. The average Bonchev–Trinajstić information content (AvgIpc) is 2.82. The van der Waals surface area contributed by atoms with E-state index < -0.39 is 5.60 Å². The predicted octanol–water partition coefficient (Wildman–Crippen LogP) is 3.20. The molecule has 0 saturated carbocycles. The Balaban J connectivity index is 2.03. The van der Waals surface area contributed by atoms with Gasteiger partial charge < -0.3 is 15.0 Å². The van der Waals surface area contributed by atoms with Gasteiger partial charge in [-0.2, -0.15) is 0 Å². The third-order valence-electron chi connectivity index (χ3n) is 3.84. The summed E-state index contributed by atoms with van der Waals surface area (Å²) in [6, 6.07) is 0. The number of nitrogens with zero attached hydrogens (tertiary/aromatic N) is 1. The second-order valence-corrected chi connectivity index (χ2v) is 8.75. The van der Waals surface area contributed by atoms with Crippen LogP contribution in [0.5, 0.6) is 0 Å². The number of ether oxygens (including phenoxy) is 1. The van der Waals surface area contributed by atoms with Gasteiger partial charge in [-0.1, -0.05) is 24.6 Å². The molecule has 1 saturated heterocycles. The van der Waals surface area contributed by atoms with Gasteiger partial charge in [0.25, 0.3) is 0 Å². The van der Waals surface area contributed by atoms with Crippen molar-refractivity contribution in [2.24, 2.45) is 5.92 Å². The highest BCUT2D eigenvalue weighted by Gasteiger charge is 2.29. The first kappa shape index (κ1) is 21.8. The Morgan fingerprint density at radius 1 is 1.24 bits per heavy atom. The number of nitrogens with one attached hydrogen (secondary N) is 1. The standard InChI is InChI=1S/C18H32N2O4S/c1-14(21)25-13-15-11-16(22)20(12-15)10-8-6-5-7-9-19-17(23)24-18(2,3)4/h15H,5-13H2,1-4H3,(H,19,23). The molecule has 1 aliphatic heterocycles. The Labute approximate surface area is 155 Å². The van der Waals surface area contributed by atoms with E-state index in [1.54, 1.807) is 6.92 Å². The van der Waals surface area contributed by atoms with E-state index >= 15 is 0 Å². The normalized spacial score (nSPS) is 17.7. The summed E-state index contributed by atoms with van der Waals surface area (Å²) < 4.78 is 5.17. The molecule has 1 atom stereocenters. The van der Waals surface area contributed by atoms with Gasteiger partial charge in [-0.25, -0.2) is 4.79 Å². The zero-order valence-electron chi connectivity index (χ0n) is 15.9. The molecule has 1 N–H and O–H groups in total. The van der Waals surface area contributed by atoms with Crippen LogP contribution in [0.1, 0.15) is 59.8 Å². The molecule has 6 nitrogen and oxygen atoms in total. The summed E-state index contributed by atoms with van der Waals surface area (Å²) in [6.07, 6.45) is 4.13. The van der Waals surface area contributed by atoms with Gasteiger partial charge in [0.2, 0.25) is 5.91 Å². The van der Waals surface area contributed by atoms with Crippen molar-refractivity contribution >= 4 is 28.9 Å². The molecule has 1 fully saturated rings. The topological polar surface area (TPSA) is 75.7 Å². The summed E-state index contributed by atoms with van der Waals surface area (Å²) >= 11 is 1.31. The number of carbonyl (C=O) groups excluding carboxylic acids is 3. The van der Waals surface area contributed by atoms with Gasteiger partial charge in [0.05, 0.1) is 0 Å². The zero-order chi connectivity index (χ0) is 18.9. The van der Waals surface area contributed by atoms with Gasteiger partial charge in [-0.15, -0.1) is 0 Å². The summed E-state index contributed by atoms with van der Waals surface area (Å²) in [5.41, 5.74) is -0.465. The average molecular weight is 373 g/mol. The molecule has 1 aliphatic rings. The highest BCUT2D eigenvalue weighted by atomic mass is 32.2. The van der Waals surface area contributed by atoms with Gasteiger partial charge in [-0.3, -0.25) is 9.59 Å². The lowest BCUT2D eigenvalue weighted by Gasteiger charge is -2.19. The van der Waals surface area contributed by atoms with Crippen LogP contribution in [0.2, 0.25) is 0 Å². The van der Waals surface area contributed by atoms with Crippen LogP contribution in [0.15, 0.2) is 0 Å². The van der Waals surface area contributed by atoms with E-state index in [0.717, 1.165) is 44.5 Å². The van der Waals surface area contributed by atoms with Gasteiger partial charge >= 0.3 is 6.09 Å². The highest BCUT2D eigenvalue weighted by molar-refractivity contribution is 8.13. The summed E-state index contributed by atoms with van der Waals surface area (Å²) in [7, 11) is 0. The molecule has 0 aliphatic carbocycles. The predicted molar refractivity (Wildman–Crippen MR) is 101 cm³/mol. The molecule has 25 heavy (non-hydrogen) atoms. The molecule has 0 spiro atoms. The van der Waals surface area contributed by atoms with Crippen molar-refractivity contribution in [3.63, 3.8) is 0 Å². The van der Waals surface area contributed by atoms with Gasteiger partial charge in [0.15, 0.2) is 5.12 Å². The van der Waals surface area contributed by atoms with E-state index in [-0.39, 0.29) is 17.1 Å². The summed E-state index contributed by atoms with van der Waals surface area (Å²) in [5.74, 6) is 1.26. The third-order valence-corrected chi connectivity index (χ3v) is 4.88. The van der Waals surface area contributed by atoms with Crippen molar-refractivity contribution in [3.8, 4) is 0 Å². The van der Waals surface area contributed by atoms with Crippen LogP contribution in [-0.4, -0.2) is 53.0 Å². The lowest BCUT2D eigenvalue weighted by atomic mass is 10.1. The lowest BCUT2D eigenvalue weighted by Crippen LogP contribution is -2.33. The maximum absolute atomic E-state index is 12.0. The first-order valence-electron chi connectivity index (χ1n) is 9.05. The van der Waals surface area contributed by atoms with Crippen LogP contribution in [0, 0.1) is 5.92 Å². The molecule has 1 unspecified atom stereocenters. The summed E-state index contributed by atoms with van der Waals surface area (Å²) in [4.78, 5) is 36.4. The number of carbonyl (C=O) groups is 3. The van der Waals surface area contributed by atoms with E-state index in [9.17, 15) is 14.4 Å². The van der Waals surface area contributed by atoms with Crippen LogP contribution >= 0.6 is 11.8 Å². The number of unbranched alkanes of at least 4 members (excludes halogenated alkanes) is 3. The van der Waals surface area contributed by atoms with Crippen molar-refractivity contribution in [1.82, 2.24) is 10.2 Å². The Kier molecular flexibility index (Phi) is 9.32. The SMILES string of the molecule is CC(=O)SCC1CC(=O)N(CCCCCCNC(=O)OC(C)(C)C)C1. The van der Waals surface area contributed by atoms with Crippen molar-refractivity contribution in [3.05, 3.63) is 0 Å². The molecule has 2 amide bonds. The first-order valence-corrected chi connectivity index (χ1v) is 10.0. The molecule has 0 aromatic carbocycles. The number of amides is 2. The number of rotatable bonds is 9. The minimum atomic E-state index is -0.465. The lowest BCUT2D eigenvalue weighted by molar-refractivity contribution is -0.127. The van der Waals surface area contributed by atoms with E-state index in [1.165, 1.54) is 11.8 Å². The Bertz CT molecular complexity index is 462. The first-order chi connectivity index (χ1) is 11.7. The molecule has 0 radical (unpaired) electrons. The molecule has 0 aromatic rings. The van der Waals surface area contributed by atoms with E-state index in [4.69, 9.17) is 4.74 Å². The van der Waals surface area contributed by atoms with Crippen LogP contribution in [0.3, 0.4) is 0 Å². The summed E-state index contributed by atoms with van der Waals surface area (Å²) in [5, 5.41) is 2.87. The molecule has 0 aromatic heterocycles. The second-order valence-electron chi connectivity index (χ2n) is 7.56. The second kappa shape index (κ2) is 10.7. The van der Waals surface area contributed by atoms with Crippen molar-refractivity contribution < 1.29 is 19.1 Å². The molecule has 7 heteroatoms. The molecular weight excluding hydrogens is 340 g/mol. The molecular formula is C18H32N2O4S. The largest absolute Gasteiger partial charge is 0.444 e. The molecule has 0 bridgehead atoms. The fourth-order valence-corrected chi connectivity index (χ4v) is 3.40. The maximum Gasteiger partial charge on any atom is 0.407 e. The smallest absolute Gasteiger partial charge is 0.407 e. The van der Waals surface area contributed by atoms with Crippen molar-refractivity contribution in [2.75, 3.05) is 25.4 Å². The van der Waals surface area contributed by atoms with Gasteiger partial charge in [-0.05, 0) is 39.5 Å². The highest BCUT2D eigenvalue weighted by Crippen LogP contribution is 2.22. The number of hydrogen-bond donors (Lipinski definition) is 1. The fraction of sp³-hybridized carbons (Fsp3) is 0.833. The third kappa shape index (κ3) is 10.4. The van der Waals surface area contributed by atoms with Crippen LogP contribution in [0.25, 0.3) is 0 Å².